The molecule has 0 heterocycles. The van der Waals surface area contributed by atoms with Gasteiger partial charge in [-0.15, -0.1) is 0 Å². The molecule has 5 heteroatoms. The Morgan fingerprint density at radius 2 is 2.19 bits per heavy atom. The van der Waals surface area contributed by atoms with E-state index >= 15 is 0 Å². The van der Waals surface area contributed by atoms with Gasteiger partial charge < -0.3 is 9.53 Å². The van der Waals surface area contributed by atoms with Gasteiger partial charge in [0.2, 0.25) is 6.54 Å². The Morgan fingerprint density at radius 3 is 2.75 bits per heavy atom. The number of nitrogens with zero attached hydrogens (tertiary/aromatic N) is 1. The van der Waals surface area contributed by atoms with E-state index < -0.39 is 10.8 Å². The molecule has 0 N–H and O–H groups in total. The van der Waals surface area contributed by atoms with Gasteiger partial charge in [-0.1, -0.05) is 18.2 Å². The minimum atomic E-state index is -0.427. The fraction of sp³-hybridized carbons (Fsp3) is 0.364. The quantitative estimate of drug-likeness (QED) is 0.417. The molecule has 0 radical (unpaired) electrons. The van der Waals surface area contributed by atoms with Crippen molar-refractivity contribution in [2.24, 2.45) is 0 Å². The molecule has 1 unspecified atom stereocenters. The van der Waals surface area contributed by atoms with Crippen molar-refractivity contribution in [3.8, 4) is 5.75 Å². The minimum absolute atomic E-state index is 0.126. The molecule has 0 aliphatic rings. The first-order valence-corrected chi connectivity index (χ1v) is 4.87. The minimum Gasteiger partial charge on any atom is -0.496 e. The summed E-state index contributed by atoms with van der Waals surface area (Å²) < 4.78 is 5.12. The van der Waals surface area contributed by atoms with Crippen molar-refractivity contribution in [3.05, 3.63) is 39.9 Å². The Morgan fingerprint density at radius 1 is 1.50 bits per heavy atom. The molecule has 0 aliphatic carbocycles. The number of benzene rings is 1. The highest BCUT2D eigenvalue weighted by Crippen LogP contribution is 2.28. The highest BCUT2D eigenvalue weighted by atomic mass is 16.6. The Kier molecular flexibility index (Phi) is 4.44. The second-order valence-electron chi connectivity index (χ2n) is 3.36. The Hall–Kier alpha value is -1.91. The third-order valence-corrected chi connectivity index (χ3v) is 2.33. The van der Waals surface area contributed by atoms with E-state index in [9.17, 15) is 14.9 Å². The summed E-state index contributed by atoms with van der Waals surface area (Å²) in [5.74, 6) is 0.153. The molecular weight excluding hydrogens is 210 g/mol. The van der Waals surface area contributed by atoms with E-state index in [0.717, 1.165) is 0 Å². The molecule has 86 valence electrons. The largest absolute Gasteiger partial charge is 0.496 e. The van der Waals surface area contributed by atoms with E-state index in [1.807, 2.05) is 0 Å². The summed E-state index contributed by atoms with van der Waals surface area (Å²) in [6.07, 6.45) is 0.821. The zero-order valence-corrected chi connectivity index (χ0v) is 8.96. The molecule has 5 nitrogen and oxygen atoms in total. The van der Waals surface area contributed by atoms with Crippen LogP contribution in [0.4, 0.5) is 0 Å². The molecule has 0 bridgehead atoms. The summed E-state index contributed by atoms with van der Waals surface area (Å²) in [5.41, 5.74) is 0.703. The monoisotopic (exact) mass is 223 g/mol. The van der Waals surface area contributed by atoms with Gasteiger partial charge in [0.1, 0.15) is 12.0 Å². The lowest BCUT2D eigenvalue weighted by atomic mass is 9.95. The molecule has 0 saturated carbocycles. The summed E-state index contributed by atoms with van der Waals surface area (Å²) in [6, 6.07) is 7.03. The van der Waals surface area contributed by atoms with Crippen LogP contribution in [0.2, 0.25) is 0 Å². The first-order valence-electron chi connectivity index (χ1n) is 4.87. The SMILES string of the molecule is COc1ccccc1C(CC=O)C[N+](=O)[O-]. The molecule has 0 saturated heterocycles. The third kappa shape index (κ3) is 3.05. The average molecular weight is 223 g/mol. The maximum absolute atomic E-state index is 10.5. The van der Waals surface area contributed by atoms with Crippen molar-refractivity contribution >= 4 is 6.29 Å². The van der Waals surface area contributed by atoms with Crippen LogP contribution in [0.15, 0.2) is 24.3 Å². The van der Waals surface area contributed by atoms with Crippen LogP contribution in [-0.4, -0.2) is 24.9 Å². The van der Waals surface area contributed by atoms with Crippen molar-refractivity contribution in [1.82, 2.24) is 0 Å². The lowest BCUT2D eigenvalue weighted by Crippen LogP contribution is -2.14. The second kappa shape index (κ2) is 5.85. The number of para-hydroxylation sites is 1. The summed E-state index contributed by atoms with van der Waals surface area (Å²) in [5, 5.41) is 10.5. The lowest BCUT2D eigenvalue weighted by molar-refractivity contribution is -0.483. The summed E-state index contributed by atoms with van der Waals surface area (Å²) in [6.45, 7) is -0.265. The Labute approximate surface area is 93.2 Å². The number of hydrogen-bond donors (Lipinski definition) is 0. The standard InChI is InChI=1S/C11H13NO4/c1-16-11-5-3-2-4-10(11)9(6-7-13)8-12(14)15/h2-5,7,9H,6,8H2,1H3. The van der Waals surface area contributed by atoms with Crippen LogP contribution in [0.5, 0.6) is 5.75 Å². The maximum atomic E-state index is 10.5. The normalized spacial score (nSPS) is 11.8. The van der Waals surface area contributed by atoms with Crippen LogP contribution >= 0.6 is 0 Å². The molecule has 1 aromatic carbocycles. The van der Waals surface area contributed by atoms with E-state index in [2.05, 4.69) is 0 Å². The number of ether oxygens (including phenoxy) is 1. The molecular formula is C11H13NO4. The molecule has 0 spiro atoms. The zero-order valence-electron chi connectivity index (χ0n) is 8.96. The van der Waals surface area contributed by atoms with Crippen LogP contribution < -0.4 is 4.74 Å². The highest BCUT2D eigenvalue weighted by Gasteiger charge is 2.20. The Bertz CT molecular complexity index is 378. The van der Waals surface area contributed by atoms with Crippen molar-refractivity contribution in [3.63, 3.8) is 0 Å². The first kappa shape index (κ1) is 12.2. The first-order chi connectivity index (χ1) is 7.69. The van der Waals surface area contributed by atoms with Crippen molar-refractivity contribution in [1.29, 1.82) is 0 Å². The lowest BCUT2D eigenvalue weighted by Gasteiger charge is -2.13. The third-order valence-electron chi connectivity index (χ3n) is 2.33. The van der Waals surface area contributed by atoms with Crippen molar-refractivity contribution < 1.29 is 14.5 Å². The number of carbonyl (C=O) groups excluding carboxylic acids is 1. The second-order valence-corrected chi connectivity index (χ2v) is 3.36. The number of methoxy groups -OCH3 is 1. The van der Waals surface area contributed by atoms with Gasteiger partial charge >= 0.3 is 0 Å². The zero-order chi connectivity index (χ0) is 12.0. The topological polar surface area (TPSA) is 69.4 Å². The van der Waals surface area contributed by atoms with Crippen LogP contribution in [-0.2, 0) is 4.79 Å². The van der Waals surface area contributed by atoms with Crippen LogP contribution in [0.3, 0.4) is 0 Å². The summed E-state index contributed by atoms with van der Waals surface area (Å²) in [7, 11) is 1.50. The van der Waals surface area contributed by atoms with Gasteiger partial charge in [-0.05, 0) is 6.07 Å². The van der Waals surface area contributed by atoms with E-state index in [1.54, 1.807) is 24.3 Å². The smallest absolute Gasteiger partial charge is 0.211 e. The summed E-state index contributed by atoms with van der Waals surface area (Å²) in [4.78, 5) is 20.6. The van der Waals surface area contributed by atoms with Gasteiger partial charge in [0.15, 0.2) is 0 Å². The van der Waals surface area contributed by atoms with Gasteiger partial charge in [0.05, 0.1) is 13.0 Å². The van der Waals surface area contributed by atoms with Gasteiger partial charge in [-0.3, -0.25) is 10.1 Å². The van der Waals surface area contributed by atoms with E-state index in [0.29, 0.717) is 17.6 Å². The maximum Gasteiger partial charge on any atom is 0.211 e. The van der Waals surface area contributed by atoms with Gasteiger partial charge in [0.25, 0.3) is 0 Å². The fourth-order valence-corrected chi connectivity index (χ4v) is 1.60. The predicted molar refractivity (Wildman–Crippen MR) is 58.3 cm³/mol. The number of hydrogen-bond acceptors (Lipinski definition) is 4. The van der Waals surface area contributed by atoms with Crippen molar-refractivity contribution in [2.75, 3.05) is 13.7 Å². The van der Waals surface area contributed by atoms with Gasteiger partial charge in [-0.25, -0.2) is 0 Å². The molecule has 0 aliphatic heterocycles. The van der Waals surface area contributed by atoms with E-state index in [4.69, 9.17) is 4.74 Å². The van der Waals surface area contributed by atoms with E-state index in [1.165, 1.54) is 7.11 Å². The van der Waals surface area contributed by atoms with Crippen LogP contribution in [0.1, 0.15) is 17.9 Å². The number of nitro groups is 1. The van der Waals surface area contributed by atoms with Gasteiger partial charge in [0, 0.05) is 16.9 Å². The highest BCUT2D eigenvalue weighted by molar-refractivity contribution is 5.53. The van der Waals surface area contributed by atoms with Gasteiger partial charge in [-0.2, -0.15) is 0 Å². The van der Waals surface area contributed by atoms with Crippen LogP contribution in [0, 0.1) is 10.1 Å². The molecule has 1 aromatic rings. The average Bonchev–Trinajstić information content (AvgIpc) is 2.28. The molecule has 0 fully saturated rings. The van der Waals surface area contributed by atoms with Crippen molar-refractivity contribution in [2.45, 2.75) is 12.3 Å². The molecule has 0 aromatic heterocycles. The summed E-state index contributed by atoms with van der Waals surface area (Å²) >= 11 is 0. The number of aldehydes is 1. The fourth-order valence-electron chi connectivity index (χ4n) is 1.60. The molecule has 16 heavy (non-hydrogen) atoms. The molecule has 1 atom stereocenters. The van der Waals surface area contributed by atoms with Crippen LogP contribution in [0.25, 0.3) is 0 Å². The molecule has 1 rings (SSSR count). The molecule has 0 amide bonds. The Balaban J connectivity index is 2.99. The number of carbonyl (C=O) groups is 1. The predicted octanol–water partition coefficient (Wildman–Crippen LogP) is 1.64. The number of rotatable bonds is 6. The van der Waals surface area contributed by atoms with E-state index in [-0.39, 0.29) is 13.0 Å².